The van der Waals surface area contributed by atoms with Gasteiger partial charge in [-0.1, -0.05) is 42.3 Å². The topological polar surface area (TPSA) is 12.0 Å². The van der Waals surface area contributed by atoms with Gasteiger partial charge in [-0.05, 0) is 25.1 Å². The summed E-state index contributed by atoms with van der Waals surface area (Å²) < 4.78 is 0. The zero-order valence-electron chi connectivity index (χ0n) is 8.76. The lowest BCUT2D eigenvalue weighted by molar-refractivity contribution is 0.559. The Balaban J connectivity index is 3.03. The largest absolute Gasteiger partial charge is 0.310 e. The lowest BCUT2D eigenvalue weighted by Crippen LogP contribution is -2.20. The minimum absolute atomic E-state index is 0.147. The van der Waals surface area contributed by atoms with Crippen LogP contribution in [0.25, 0.3) is 0 Å². The summed E-state index contributed by atoms with van der Waals surface area (Å²) in [7, 11) is 0. The molecule has 0 saturated carbocycles. The first-order valence-corrected chi connectivity index (χ1v) is 5.74. The summed E-state index contributed by atoms with van der Waals surface area (Å²) in [6, 6.07) is 5.71. The molecule has 1 nitrogen and oxygen atoms in total. The summed E-state index contributed by atoms with van der Waals surface area (Å²) in [4.78, 5) is 0. The molecule has 1 atom stereocenters. The predicted molar refractivity (Wildman–Crippen MR) is 67.7 cm³/mol. The summed E-state index contributed by atoms with van der Waals surface area (Å²) in [5, 5.41) is 4.75. The second kappa shape index (κ2) is 6.16. The van der Waals surface area contributed by atoms with Gasteiger partial charge in [-0.25, -0.2) is 0 Å². The first-order valence-electron chi connectivity index (χ1n) is 4.98. The number of halogens is 2. The van der Waals surface area contributed by atoms with E-state index in [1.54, 1.807) is 0 Å². The first kappa shape index (κ1) is 12.6. The average molecular weight is 244 g/mol. The molecule has 0 spiro atoms. The minimum atomic E-state index is 0.147. The van der Waals surface area contributed by atoms with Crippen molar-refractivity contribution >= 4 is 23.2 Å². The fourth-order valence-corrected chi connectivity index (χ4v) is 2.22. The van der Waals surface area contributed by atoms with Crippen LogP contribution in [0.4, 0.5) is 0 Å². The molecule has 1 aromatic carbocycles. The number of rotatable bonds is 5. The van der Waals surface area contributed by atoms with Crippen LogP contribution in [0.1, 0.15) is 24.9 Å². The molecule has 0 saturated heterocycles. The maximum absolute atomic E-state index is 6.14. The van der Waals surface area contributed by atoms with Gasteiger partial charge >= 0.3 is 0 Å². The van der Waals surface area contributed by atoms with Gasteiger partial charge in [0.2, 0.25) is 0 Å². The Bertz CT molecular complexity index is 316. The number of hydrogen-bond acceptors (Lipinski definition) is 1. The SMILES string of the molecule is C=CCC(NCC)c1c(Cl)cccc1Cl. The van der Waals surface area contributed by atoms with Gasteiger partial charge in [-0.3, -0.25) is 0 Å². The van der Waals surface area contributed by atoms with Crippen LogP contribution in [0.3, 0.4) is 0 Å². The van der Waals surface area contributed by atoms with Crippen molar-refractivity contribution in [1.82, 2.24) is 5.32 Å². The first-order chi connectivity index (χ1) is 7.20. The van der Waals surface area contributed by atoms with Crippen LogP contribution in [-0.4, -0.2) is 6.54 Å². The summed E-state index contributed by atoms with van der Waals surface area (Å²) in [6.07, 6.45) is 2.68. The second-order valence-electron chi connectivity index (χ2n) is 3.27. The zero-order chi connectivity index (χ0) is 11.3. The van der Waals surface area contributed by atoms with Gasteiger partial charge in [0.1, 0.15) is 0 Å². The summed E-state index contributed by atoms with van der Waals surface area (Å²) >= 11 is 12.3. The highest BCUT2D eigenvalue weighted by atomic mass is 35.5. The average Bonchev–Trinajstić information content (AvgIpc) is 2.18. The fourth-order valence-electron chi connectivity index (χ4n) is 1.56. The third-order valence-electron chi connectivity index (χ3n) is 2.20. The third kappa shape index (κ3) is 3.23. The molecule has 0 aliphatic rings. The van der Waals surface area contributed by atoms with E-state index < -0.39 is 0 Å². The molecule has 0 aromatic heterocycles. The van der Waals surface area contributed by atoms with Crippen molar-refractivity contribution in [3.05, 3.63) is 46.5 Å². The quantitative estimate of drug-likeness (QED) is 0.764. The van der Waals surface area contributed by atoms with Crippen molar-refractivity contribution in [2.75, 3.05) is 6.54 Å². The normalized spacial score (nSPS) is 12.5. The lowest BCUT2D eigenvalue weighted by atomic mass is 10.0. The predicted octanol–water partition coefficient (Wildman–Crippen LogP) is 4.22. The van der Waals surface area contributed by atoms with Crippen LogP contribution in [-0.2, 0) is 0 Å². The van der Waals surface area contributed by atoms with E-state index in [9.17, 15) is 0 Å². The van der Waals surface area contributed by atoms with Crippen LogP contribution in [0.15, 0.2) is 30.9 Å². The van der Waals surface area contributed by atoms with Crippen LogP contribution in [0.5, 0.6) is 0 Å². The molecule has 0 radical (unpaired) electrons. The second-order valence-corrected chi connectivity index (χ2v) is 4.08. The van der Waals surface area contributed by atoms with Crippen LogP contribution < -0.4 is 5.32 Å². The van der Waals surface area contributed by atoms with Crippen molar-refractivity contribution in [2.45, 2.75) is 19.4 Å². The Morgan fingerprint density at radius 2 is 2.00 bits per heavy atom. The Kier molecular flexibility index (Phi) is 5.16. The number of nitrogens with one attached hydrogen (secondary N) is 1. The van der Waals surface area contributed by atoms with E-state index in [1.807, 2.05) is 24.3 Å². The Hall–Kier alpha value is -0.500. The molecular weight excluding hydrogens is 229 g/mol. The van der Waals surface area contributed by atoms with Crippen molar-refractivity contribution < 1.29 is 0 Å². The molecule has 1 unspecified atom stereocenters. The molecule has 15 heavy (non-hydrogen) atoms. The van der Waals surface area contributed by atoms with E-state index in [0.717, 1.165) is 18.5 Å². The molecular formula is C12H15Cl2N. The molecule has 0 amide bonds. The number of hydrogen-bond donors (Lipinski definition) is 1. The third-order valence-corrected chi connectivity index (χ3v) is 2.86. The number of benzene rings is 1. The van der Waals surface area contributed by atoms with Crippen molar-refractivity contribution in [3.63, 3.8) is 0 Å². The van der Waals surface area contributed by atoms with Crippen LogP contribution in [0, 0.1) is 0 Å². The van der Waals surface area contributed by atoms with Crippen LogP contribution >= 0.6 is 23.2 Å². The molecule has 0 heterocycles. The summed E-state index contributed by atoms with van der Waals surface area (Å²) in [6.45, 7) is 6.67. The highest BCUT2D eigenvalue weighted by Crippen LogP contribution is 2.31. The standard InChI is InChI=1S/C12H15Cl2N/c1-3-6-11(15-4-2)12-9(13)7-5-8-10(12)14/h3,5,7-8,11,15H,1,4,6H2,2H3. The molecule has 1 N–H and O–H groups in total. The highest BCUT2D eigenvalue weighted by molar-refractivity contribution is 6.36. The molecule has 1 aromatic rings. The van der Waals surface area contributed by atoms with E-state index in [2.05, 4.69) is 18.8 Å². The van der Waals surface area contributed by atoms with Gasteiger partial charge in [0.15, 0.2) is 0 Å². The van der Waals surface area contributed by atoms with E-state index in [4.69, 9.17) is 23.2 Å². The summed E-state index contributed by atoms with van der Waals surface area (Å²) in [5.41, 5.74) is 0.961. The van der Waals surface area contributed by atoms with Gasteiger partial charge in [-0.2, -0.15) is 0 Å². The molecule has 0 aliphatic heterocycles. The van der Waals surface area contributed by atoms with Gasteiger partial charge < -0.3 is 5.32 Å². The fraction of sp³-hybridized carbons (Fsp3) is 0.333. The van der Waals surface area contributed by atoms with Crippen LogP contribution in [0.2, 0.25) is 10.0 Å². The van der Waals surface area contributed by atoms with Gasteiger partial charge in [0, 0.05) is 21.7 Å². The monoisotopic (exact) mass is 243 g/mol. The molecule has 82 valence electrons. The van der Waals surface area contributed by atoms with E-state index in [1.165, 1.54) is 0 Å². The molecule has 3 heteroatoms. The lowest BCUT2D eigenvalue weighted by Gasteiger charge is -2.19. The van der Waals surface area contributed by atoms with E-state index >= 15 is 0 Å². The smallest absolute Gasteiger partial charge is 0.0468 e. The molecule has 0 bridgehead atoms. The molecule has 0 fully saturated rings. The Morgan fingerprint density at radius 3 is 2.47 bits per heavy atom. The maximum atomic E-state index is 6.14. The van der Waals surface area contributed by atoms with Crippen molar-refractivity contribution in [3.8, 4) is 0 Å². The van der Waals surface area contributed by atoms with Gasteiger partial charge in [0.25, 0.3) is 0 Å². The summed E-state index contributed by atoms with van der Waals surface area (Å²) in [5.74, 6) is 0. The Labute approximate surface area is 101 Å². The molecule has 0 aliphatic carbocycles. The van der Waals surface area contributed by atoms with Crippen molar-refractivity contribution in [1.29, 1.82) is 0 Å². The molecule has 1 rings (SSSR count). The Morgan fingerprint density at radius 1 is 1.40 bits per heavy atom. The maximum Gasteiger partial charge on any atom is 0.0468 e. The van der Waals surface area contributed by atoms with Gasteiger partial charge in [0.05, 0.1) is 0 Å². The van der Waals surface area contributed by atoms with E-state index in [-0.39, 0.29) is 6.04 Å². The van der Waals surface area contributed by atoms with Crippen molar-refractivity contribution in [2.24, 2.45) is 0 Å². The zero-order valence-corrected chi connectivity index (χ0v) is 10.3. The highest BCUT2D eigenvalue weighted by Gasteiger charge is 2.15. The minimum Gasteiger partial charge on any atom is -0.310 e. The van der Waals surface area contributed by atoms with Gasteiger partial charge in [-0.15, -0.1) is 6.58 Å². The van der Waals surface area contributed by atoms with E-state index in [0.29, 0.717) is 10.0 Å².